The number of methoxy groups -OCH3 is 1. The number of hydrogen-bond donors (Lipinski definition) is 0. The van der Waals surface area contributed by atoms with E-state index in [0.29, 0.717) is 23.3 Å². The highest BCUT2D eigenvalue weighted by Crippen LogP contribution is 2.41. The molecule has 2 aliphatic carbocycles. The molecule has 3 aliphatic rings. The molecule has 2 saturated carbocycles. The second-order valence-electron chi connectivity index (χ2n) is 10.2. The number of rotatable bonds is 5. The molecule has 1 amide bonds. The molecular formula is C28H38FNO3. The highest BCUT2D eigenvalue weighted by atomic mass is 19.1. The number of ether oxygens (including phenoxy) is 1. The van der Waals surface area contributed by atoms with E-state index in [1.165, 1.54) is 77.4 Å². The average Bonchev–Trinajstić information content (AvgIpc) is 2.86. The van der Waals surface area contributed by atoms with Crippen molar-refractivity contribution in [1.82, 2.24) is 4.90 Å². The molecule has 0 N–H and O–H groups in total. The molecule has 4 nitrogen and oxygen atoms in total. The third-order valence-electron chi connectivity index (χ3n) is 8.10. The van der Waals surface area contributed by atoms with Gasteiger partial charge in [-0.2, -0.15) is 0 Å². The van der Waals surface area contributed by atoms with E-state index < -0.39 is 11.8 Å². The Morgan fingerprint density at radius 2 is 1.55 bits per heavy atom. The summed E-state index contributed by atoms with van der Waals surface area (Å²) in [6.07, 6.45) is 16.0. The van der Waals surface area contributed by atoms with E-state index in [-0.39, 0.29) is 11.5 Å². The van der Waals surface area contributed by atoms with Crippen LogP contribution in [0.3, 0.4) is 0 Å². The van der Waals surface area contributed by atoms with Crippen LogP contribution in [0.2, 0.25) is 0 Å². The van der Waals surface area contributed by atoms with Gasteiger partial charge in [-0.05, 0) is 62.5 Å². The molecule has 0 aromatic heterocycles. The van der Waals surface area contributed by atoms with Gasteiger partial charge in [0.05, 0.1) is 12.7 Å². The number of hydrogen-bond acceptors (Lipinski definition) is 3. The number of carbonyl (C=O) groups is 2. The number of amides is 1. The number of benzene rings is 1. The summed E-state index contributed by atoms with van der Waals surface area (Å²) in [7, 11) is 1.29. The van der Waals surface area contributed by atoms with Gasteiger partial charge >= 0.3 is 5.97 Å². The summed E-state index contributed by atoms with van der Waals surface area (Å²) >= 11 is 0. The first-order chi connectivity index (χ1) is 16.1. The van der Waals surface area contributed by atoms with Gasteiger partial charge in [0.15, 0.2) is 0 Å². The fourth-order valence-corrected chi connectivity index (χ4v) is 6.25. The average molecular weight is 456 g/mol. The van der Waals surface area contributed by atoms with Gasteiger partial charge in [-0.1, -0.05) is 56.2 Å². The molecule has 1 aromatic rings. The Morgan fingerprint density at radius 1 is 0.970 bits per heavy atom. The van der Waals surface area contributed by atoms with Gasteiger partial charge in [0.25, 0.3) is 0 Å². The number of likely N-dealkylation sites (tertiary alicyclic amines) is 1. The topological polar surface area (TPSA) is 46.6 Å². The van der Waals surface area contributed by atoms with Gasteiger partial charge in [-0.15, -0.1) is 0 Å². The second-order valence-corrected chi connectivity index (χ2v) is 10.2. The van der Waals surface area contributed by atoms with Gasteiger partial charge in [0, 0.05) is 24.6 Å². The Bertz CT molecular complexity index is 840. The van der Waals surface area contributed by atoms with Crippen LogP contribution in [0.1, 0.15) is 93.0 Å². The second kappa shape index (κ2) is 11.3. The molecule has 33 heavy (non-hydrogen) atoms. The summed E-state index contributed by atoms with van der Waals surface area (Å²) in [5, 5.41) is 0. The zero-order chi connectivity index (χ0) is 23.2. The van der Waals surface area contributed by atoms with Crippen molar-refractivity contribution >= 4 is 18.0 Å². The van der Waals surface area contributed by atoms with Gasteiger partial charge in [-0.3, -0.25) is 4.79 Å². The lowest BCUT2D eigenvalue weighted by Gasteiger charge is -2.40. The minimum atomic E-state index is -0.537. The van der Waals surface area contributed by atoms with Crippen molar-refractivity contribution in [3.63, 3.8) is 0 Å². The first kappa shape index (κ1) is 24.0. The summed E-state index contributed by atoms with van der Waals surface area (Å²) in [5.41, 5.74) is 1.87. The van der Waals surface area contributed by atoms with Crippen LogP contribution in [-0.2, 0) is 9.53 Å². The number of nitrogens with zero attached hydrogens (tertiary/aromatic N) is 1. The molecule has 0 radical (unpaired) electrons. The number of esters is 1. The molecule has 0 atom stereocenters. The third kappa shape index (κ3) is 5.85. The van der Waals surface area contributed by atoms with E-state index >= 15 is 0 Å². The van der Waals surface area contributed by atoms with Crippen LogP contribution >= 0.6 is 0 Å². The van der Waals surface area contributed by atoms with Crippen LogP contribution in [0.25, 0.3) is 6.08 Å². The minimum Gasteiger partial charge on any atom is -0.465 e. The van der Waals surface area contributed by atoms with E-state index in [0.717, 1.165) is 31.5 Å². The fraction of sp³-hybridized carbons (Fsp3) is 0.643. The molecule has 0 unspecified atom stereocenters. The number of carbonyl (C=O) groups excluding carboxylic acids is 2. The molecule has 1 aromatic carbocycles. The summed E-state index contributed by atoms with van der Waals surface area (Å²) in [5.74, 6) is 0.771. The molecular weight excluding hydrogens is 417 g/mol. The molecule has 0 spiro atoms. The highest BCUT2D eigenvalue weighted by molar-refractivity contribution is 5.89. The van der Waals surface area contributed by atoms with Crippen LogP contribution in [0.4, 0.5) is 4.39 Å². The molecule has 3 fully saturated rings. The van der Waals surface area contributed by atoms with E-state index in [2.05, 4.69) is 9.64 Å². The van der Waals surface area contributed by atoms with Gasteiger partial charge < -0.3 is 9.64 Å². The van der Waals surface area contributed by atoms with Crippen molar-refractivity contribution in [3.8, 4) is 0 Å². The van der Waals surface area contributed by atoms with Crippen LogP contribution in [0, 0.1) is 23.6 Å². The molecule has 180 valence electrons. The van der Waals surface area contributed by atoms with Crippen molar-refractivity contribution in [2.45, 2.75) is 77.0 Å². The lowest BCUT2D eigenvalue weighted by atomic mass is 9.69. The van der Waals surface area contributed by atoms with Gasteiger partial charge in [0.2, 0.25) is 5.91 Å². The zero-order valence-corrected chi connectivity index (χ0v) is 20.0. The standard InChI is InChI=1S/C28H38FNO3/c1-33-28(32)24-13-12-23(25(29)19-24)18-20-14-16-30(17-15-20)27(31)26(21-8-4-2-5-9-21)22-10-6-3-7-11-22/h12-13,18-19,21-22,26H,2-11,14-17H2,1H3. The maximum atomic E-state index is 14.5. The summed E-state index contributed by atoms with van der Waals surface area (Å²) < 4.78 is 19.2. The summed E-state index contributed by atoms with van der Waals surface area (Å²) in [6, 6.07) is 4.46. The lowest BCUT2D eigenvalue weighted by Crippen LogP contribution is -2.45. The van der Waals surface area contributed by atoms with Crippen molar-refractivity contribution in [2.24, 2.45) is 17.8 Å². The van der Waals surface area contributed by atoms with Crippen molar-refractivity contribution in [1.29, 1.82) is 0 Å². The minimum absolute atomic E-state index is 0.208. The lowest BCUT2D eigenvalue weighted by molar-refractivity contribution is -0.141. The Kier molecular flexibility index (Phi) is 8.21. The molecule has 1 saturated heterocycles. The Hall–Kier alpha value is -2.17. The van der Waals surface area contributed by atoms with Gasteiger partial charge in [-0.25, -0.2) is 9.18 Å². The molecule has 4 rings (SSSR count). The number of piperidine rings is 1. The van der Waals surface area contributed by atoms with Crippen LogP contribution in [0.15, 0.2) is 23.8 Å². The quantitative estimate of drug-likeness (QED) is 0.483. The summed E-state index contributed by atoms with van der Waals surface area (Å²) in [6.45, 7) is 1.45. The molecule has 5 heteroatoms. The maximum absolute atomic E-state index is 14.5. The predicted molar refractivity (Wildman–Crippen MR) is 128 cm³/mol. The smallest absolute Gasteiger partial charge is 0.337 e. The van der Waals surface area contributed by atoms with Crippen LogP contribution < -0.4 is 0 Å². The van der Waals surface area contributed by atoms with Gasteiger partial charge in [0.1, 0.15) is 5.82 Å². The zero-order valence-electron chi connectivity index (χ0n) is 20.0. The Labute approximate surface area is 197 Å². The van der Waals surface area contributed by atoms with E-state index in [1.807, 2.05) is 6.08 Å². The highest BCUT2D eigenvalue weighted by Gasteiger charge is 2.39. The SMILES string of the molecule is COC(=O)c1ccc(C=C2CCN(C(=O)C(C3CCCCC3)C3CCCCC3)CC2)c(F)c1. The van der Waals surface area contributed by atoms with Crippen molar-refractivity contribution in [3.05, 3.63) is 40.7 Å². The summed E-state index contributed by atoms with van der Waals surface area (Å²) in [4.78, 5) is 27.5. The van der Waals surface area contributed by atoms with E-state index in [4.69, 9.17) is 0 Å². The third-order valence-corrected chi connectivity index (χ3v) is 8.10. The Morgan fingerprint density at radius 3 is 2.06 bits per heavy atom. The molecule has 0 bridgehead atoms. The maximum Gasteiger partial charge on any atom is 0.337 e. The monoisotopic (exact) mass is 455 g/mol. The van der Waals surface area contributed by atoms with E-state index in [9.17, 15) is 14.0 Å². The normalized spacial score (nSPS) is 20.7. The molecule has 1 aliphatic heterocycles. The predicted octanol–water partition coefficient (Wildman–Crippen LogP) is 6.39. The first-order valence-corrected chi connectivity index (χ1v) is 12.9. The largest absolute Gasteiger partial charge is 0.465 e. The van der Waals surface area contributed by atoms with Crippen LogP contribution in [-0.4, -0.2) is 37.0 Å². The van der Waals surface area contributed by atoms with E-state index in [1.54, 1.807) is 12.1 Å². The van der Waals surface area contributed by atoms with Crippen LogP contribution in [0.5, 0.6) is 0 Å². The number of halogens is 1. The fourth-order valence-electron chi connectivity index (χ4n) is 6.25. The Balaban J connectivity index is 1.41. The van der Waals surface area contributed by atoms with Crippen molar-refractivity contribution < 1.29 is 18.7 Å². The first-order valence-electron chi connectivity index (χ1n) is 12.9. The molecule has 1 heterocycles. The van der Waals surface area contributed by atoms with Crippen molar-refractivity contribution in [2.75, 3.05) is 20.2 Å².